The minimum absolute atomic E-state index is 0.205. The Labute approximate surface area is 201 Å². The van der Waals surface area contributed by atoms with Gasteiger partial charge in [-0.3, -0.25) is 4.79 Å². The normalized spacial score (nSPS) is 11.9. The third-order valence-electron chi connectivity index (χ3n) is 5.71. The number of carbonyl (C=O) groups excluding carboxylic acids is 2. The van der Waals surface area contributed by atoms with Gasteiger partial charge < -0.3 is 4.74 Å². The van der Waals surface area contributed by atoms with Gasteiger partial charge in [0.15, 0.2) is 6.10 Å². The maximum absolute atomic E-state index is 13.6. The number of carbonyl (C=O) groups is 2. The number of fused-ring (bicyclic) bond motifs is 1. The molecule has 0 aliphatic carbocycles. The van der Waals surface area contributed by atoms with Crippen molar-refractivity contribution in [2.75, 3.05) is 0 Å². The highest BCUT2D eigenvalue weighted by Gasteiger charge is 2.27. The Bertz CT molecular complexity index is 1330. The summed E-state index contributed by atoms with van der Waals surface area (Å²) >= 11 is 3.54. The lowest BCUT2D eigenvalue weighted by molar-refractivity contribution is 0.0278. The fourth-order valence-corrected chi connectivity index (χ4v) is 4.60. The number of hydrogen-bond acceptors (Lipinski definition) is 4. The molecule has 166 valence electrons. The fraction of sp³-hybridized carbons (Fsp3) is 0.179. The molecular weight excluding hydrogens is 478 g/mol. The molecule has 1 heterocycles. The van der Waals surface area contributed by atoms with Gasteiger partial charge in [0.25, 0.3) is 0 Å². The molecule has 4 rings (SSSR count). The molecule has 33 heavy (non-hydrogen) atoms. The second-order valence-corrected chi connectivity index (χ2v) is 8.89. The molecule has 0 spiro atoms. The summed E-state index contributed by atoms with van der Waals surface area (Å²) in [5.41, 5.74) is 5.00. The lowest BCUT2D eigenvalue weighted by Crippen LogP contribution is -2.27. The third kappa shape index (κ3) is 4.60. The molecule has 3 aromatic carbocycles. The highest BCUT2D eigenvalue weighted by Crippen LogP contribution is 2.33. The summed E-state index contributed by atoms with van der Waals surface area (Å²) < 4.78 is 6.68. The summed E-state index contributed by atoms with van der Waals surface area (Å²) in [7, 11) is 0. The Hall–Kier alpha value is -3.31. The van der Waals surface area contributed by atoms with Crippen molar-refractivity contribution in [3.63, 3.8) is 0 Å². The van der Waals surface area contributed by atoms with Crippen LogP contribution in [-0.2, 0) is 4.74 Å². The van der Waals surface area contributed by atoms with Crippen LogP contribution >= 0.6 is 15.9 Å². The largest absolute Gasteiger partial charge is 0.450 e. The zero-order valence-electron chi connectivity index (χ0n) is 18.8. The zero-order valence-corrected chi connectivity index (χ0v) is 20.3. The van der Waals surface area contributed by atoms with Crippen molar-refractivity contribution in [1.29, 1.82) is 0 Å². The summed E-state index contributed by atoms with van der Waals surface area (Å²) in [4.78, 5) is 31.5. The molecule has 0 saturated carbocycles. The first-order valence-corrected chi connectivity index (χ1v) is 11.7. The Morgan fingerprint density at radius 2 is 1.61 bits per heavy atom. The number of nitrogens with zero attached hydrogens (tertiary/aromatic N) is 1. The first-order chi connectivity index (χ1) is 15.9. The lowest BCUT2D eigenvalue weighted by Gasteiger charge is -2.19. The first kappa shape index (κ1) is 22.9. The molecule has 4 aromatic rings. The Balaban J connectivity index is 1.84. The number of ketones is 1. The summed E-state index contributed by atoms with van der Waals surface area (Å²) in [6.45, 7) is 5.68. The van der Waals surface area contributed by atoms with E-state index >= 15 is 0 Å². The molecule has 0 fully saturated rings. The van der Waals surface area contributed by atoms with Gasteiger partial charge in [-0.05, 0) is 43.5 Å². The van der Waals surface area contributed by atoms with Crippen LogP contribution in [0.15, 0.2) is 77.3 Å². The number of Topliss-reactive ketones (excluding diaryl/α,β-unsaturated/α-hetero) is 1. The molecule has 0 N–H and O–H groups in total. The molecule has 0 bridgehead atoms. The van der Waals surface area contributed by atoms with E-state index in [0.29, 0.717) is 22.9 Å². The second kappa shape index (κ2) is 9.67. The van der Waals surface area contributed by atoms with Gasteiger partial charge in [-0.2, -0.15) is 0 Å². The van der Waals surface area contributed by atoms with E-state index in [1.807, 2.05) is 69.3 Å². The molecule has 1 unspecified atom stereocenters. The van der Waals surface area contributed by atoms with Crippen LogP contribution in [0.2, 0.25) is 0 Å². The SMILES string of the molecule is CCC(OC(=O)c1c(C)c(-c2ccccc2)nc2c(C)cc(Br)cc12)C(=O)c1ccccc1. The van der Waals surface area contributed by atoms with Gasteiger partial charge in [0.05, 0.1) is 16.8 Å². The van der Waals surface area contributed by atoms with E-state index in [1.165, 1.54) is 0 Å². The molecule has 4 nitrogen and oxygen atoms in total. The van der Waals surface area contributed by atoms with Crippen LogP contribution in [-0.4, -0.2) is 22.8 Å². The molecule has 0 aliphatic rings. The number of benzene rings is 3. The number of ether oxygens (including phenoxy) is 1. The van der Waals surface area contributed by atoms with Crippen LogP contribution in [0.5, 0.6) is 0 Å². The number of pyridine rings is 1. The van der Waals surface area contributed by atoms with Gasteiger partial charge in [-0.1, -0.05) is 83.5 Å². The van der Waals surface area contributed by atoms with Gasteiger partial charge in [-0.15, -0.1) is 0 Å². The smallest absolute Gasteiger partial charge is 0.339 e. The average molecular weight is 502 g/mol. The maximum atomic E-state index is 13.6. The van der Waals surface area contributed by atoms with Crippen LogP contribution in [0.4, 0.5) is 0 Å². The van der Waals surface area contributed by atoms with Gasteiger partial charge in [0.2, 0.25) is 5.78 Å². The Morgan fingerprint density at radius 3 is 2.24 bits per heavy atom. The van der Waals surface area contributed by atoms with Crippen molar-refractivity contribution in [1.82, 2.24) is 4.98 Å². The number of hydrogen-bond donors (Lipinski definition) is 0. The number of aromatic nitrogens is 1. The molecule has 0 saturated heterocycles. The van der Waals surface area contributed by atoms with E-state index in [-0.39, 0.29) is 5.78 Å². The third-order valence-corrected chi connectivity index (χ3v) is 6.17. The number of rotatable bonds is 6. The lowest BCUT2D eigenvalue weighted by atomic mass is 9.96. The molecule has 0 aliphatic heterocycles. The average Bonchev–Trinajstić information content (AvgIpc) is 2.82. The van der Waals surface area contributed by atoms with Crippen molar-refractivity contribution in [3.8, 4) is 11.3 Å². The topological polar surface area (TPSA) is 56.3 Å². The number of esters is 1. The summed E-state index contributed by atoms with van der Waals surface area (Å²) in [5.74, 6) is -0.728. The van der Waals surface area contributed by atoms with Crippen LogP contribution in [0.3, 0.4) is 0 Å². The van der Waals surface area contributed by atoms with E-state index < -0.39 is 12.1 Å². The summed E-state index contributed by atoms with van der Waals surface area (Å²) in [5, 5.41) is 0.700. The zero-order chi connectivity index (χ0) is 23.5. The minimum atomic E-state index is -0.865. The van der Waals surface area contributed by atoms with Crippen LogP contribution in [0, 0.1) is 13.8 Å². The van der Waals surface area contributed by atoms with Crippen molar-refractivity contribution < 1.29 is 14.3 Å². The van der Waals surface area contributed by atoms with Crippen molar-refractivity contribution in [2.45, 2.75) is 33.3 Å². The quantitative estimate of drug-likeness (QED) is 0.209. The molecule has 5 heteroatoms. The minimum Gasteiger partial charge on any atom is -0.450 e. The standard InChI is InChI=1S/C28H24BrNO3/c1-4-23(27(31)20-13-9-6-10-14-20)33-28(32)24-18(3)26(19-11-7-5-8-12-19)30-25-17(2)15-21(29)16-22(24)25/h5-16,23H,4H2,1-3H3. The van der Waals surface area contributed by atoms with Gasteiger partial charge in [0, 0.05) is 21.0 Å². The molecule has 0 amide bonds. The Morgan fingerprint density at radius 1 is 0.970 bits per heavy atom. The first-order valence-electron chi connectivity index (χ1n) is 10.9. The maximum Gasteiger partial charge on any atom is 0.339 e. The van der Waals surface area contributed by atoms with E-state index in [4.69, 9.17) is 9.72 Å². The van der Waals surface area contributed by atoms with E-state index in [2.05, 4.69) is 15.9 Å². The second-order valence-electron chi connectivity index (χ2n) is 7.98. The van der Waals surface area contributed by atoms with Gasteiger partial charge in [-0.25, -0.2) is 9.78 Å². The predicted molar refractivity (Wildman–Crippen MR) is 135 cm³/mol. The van der Waals surface area contributed by atoms with E-state index in [0.717, 1.165) is 32.4 Å². The molecule has 1 atom stereocenters. The van der Waals surface area contributed by atoms with Gasteiger partial charge >= 0.3 is 5.97 Å². The van der Waals surface area contributed by atoms with E-state index in [9.17, 15) is 9.59 Å². The molecule has 0 radical (unpaired) electrons. The van der Waals surface area contributed by atoms with E-state index in [1.54, 1.807) is 24.3 Å². The monoisotopic (exact) mass is 501 g/mol. The highest BCUT2D eigenvalue weighted by atomic mass is 79.9. The Kier molecular flexibility index (Phi) is 6.70. The van der Waals surface area contributed by atoms with Gasteiger partial charge in [0.1, 0.15) is 0 Å². The van der Waals surface area contributed by atoms with Crippen molar-refractivity contribution in [2.24, 2.45) is 0 Å². The number of halogens is 1. The van der Waals surface area contributed by atoms with Crippen LogP contribution in [0.1, 0.15) is 45.2 Å². The van der Waals surface area contributed by atoms with Crippen molar-refractivity contribution in [3.05, 3.63) is 99.5 Å². The molecular formula is C28H24BrNO3. The number of aryl methyl sites for hydroxylation is 1. The fourth-order valence-electron chi connectivity index (χ4n) is 4.03. The van der Waals surface area contributed by atoms with Crippen LogP contribution < -0.4 is 0 Å². The highest BCUT2D eigenvalue weighted by molar-refractivity contribution is 9.10. The summed E-state index contributed by atoms with van der Waals surface area (Å²) in [6.07, 6.45) is -0.480. The van der Waals surface area contributed by atoms with Crippen molar-refractivity contribution >= 4 is 38.6 Å². The van der Waals surface area contributed by atoms with Crippen LogP contribution in [0.25, 0.3) is 22.2 Å². The molecule has 1 aromatic heterocycles. The predicted octanol–water partition coefficient (Wildman–Crippen LogP) is 7.10. The summed E-state index contributed by atoms with van der Waals surface area (Å²) in [6, 6.07) is 22.5.